The van der Waals surface area contributed by atoms with E-state index in [9.17, 15) is 23.9 Å². The lowest BCUT2D eigenvalue weighted by Gasteiger charge is -2.31. The van der Waals surface area contributed by atoms with Crippen molar-refractivity contribution >= 4 is 23.5 Å². The number of carboxylic acid groups (broad SMARTS) is 1. The zero-order valence-corrected chi connectivity index (χ0v) is 23.9. The third-order valence-electron chi connectivity index (χ3n) is 8.30. The topological polar surface area (TPSA) is 90.4 Å². The Morgan fingerprint density at radius 1 is 1.15 bits per heavy atom. The molecule has 0 radical (unpaired) electrons. The highest BCUT2D eigenvalue weighted by atomic mass is 19.1. The van der Waals surface area contributed by atoms with E-state index in [2.05, 4.69) is 0 Å². The first-order valence-corrected chi connectivity index (χ1v) is 14.1. The minimum absolute atomic E-state index is 0.0307. The number of hydrogen-bond acceptors (Lipinski definition) is 5. The summed E-state index contributed by atoms with van der Waals surface area (Å²) in [6.07, 6.45) is 2.88. The van der Waals surface area contributed by atoms with Gasteiger partial charge < -0.3 is 19.6 Å². The van der Waals surface area contributed by atoms with Gasteiger partial charge in [0.2, 0.25) is 11.8 Å². The van der Waals surface area contributed by atoms with Crippen molar-refractivity contribution in [1.29, 1.82) is 0 Å². The van der Waals surface area contributed by atoms with Crippen LogP contribution in [0.2, 0.25) is 0 Å². The molecule has 3 atom stereocenters. The molecule has 0 aliphatic carbocycles. The summed E-state index contributed by atoms with van der Waals surface area (Å²) in [5.41, 5.74) is 3.09. The number of rotatable bonds is 11. The Balaban J connectivity index is 1.64. The molecule has 0 bridgehead atoms. The SMILES string of the molecule is CCCCN(C(=O)CN1C[C@H](c2ccc3c(c2)CCO3)[C@@H](C(=O)O)[C@@H]1CCN(C)C(C)=O)c1ccc(F)c(C)c1. The lowest BCUT2D eigenvalue weighted by atomic mass is 9.83. The standard InChI is InChI=1S/C31H40FN3O5/c1-5-6-13-35(24-8-9-26(32)20(2)16-24)29(37)19-34-18-25(22-7-10-28-23(17-22)12-15-40-28)30(31(38)39)27(34)11-14-33(4)21(3)36/h7-10,16-17,25,27,30H,5-6,11-15,18-19H2,1-4H3,(H,38,39)/t25-,27+,30-/m1/s1. The van der Waals surface area contributed by atoms with Crippen LogP contribution in [0.4, 0.5) is 10.1 Å². The van der Waals surface area contributed by atoms with Crippen molar-refractivity contribution < 1.29 is 28.6 Å². The molecule has 0 aromatic heterocycles. The van der Waals surface area contributed by atoms with E-state index in [1.807, 2.05) is 30.0 Å². The molecule has 2 heterocycles. The Kier molecular flexibility index (Phi) is 9.45. The van der Waals surface area contributed by atoms with Crippen molar-refractivity contribution in [3.63, 3.8) is 0 Å². The van der Waals surface area contributed by atoms with E-state index in [4.69, 9.17) is 4.74 Å². The molecule has 1 fully saturated rings. The summed E-state index contributed by atoms with van der Waals surface area (Å²) >= 11 is 0. The number of unbranched alkanes of at least 4 members (excludes halogenated alkanes) is 1. The Labute approximate surface area is 235 Å². The summed E-state index contributed by atoms with van der Waals surface area (Å²) in [5, 5.41) is 10.4. The number of hydrogen-bond donors (Lipinski definition) is 1. The van der Waals surface area contributed by atoms with Crippen LogP contribution < -0.4 is 9.64 Å². The second-order valence-corrected chi connectivity index (χ2v) is 11.0. The number of ether oxygens (including phenoxy) is 1. The molecular weight excluding hydrogens is 513 g/mol. The number of fused-ring (bicyclic) bond motifs is 1. The van der Waals surface area contributed by atoms with Gasteiger partial charge in [-0.25, -0.2) is 4.39 Å². The molecule has 0 saturated carbocycles. The van der Waals surface area contributed by atoms with E-state index < -0.39 is 17.9 Å². The van der Waals surface area contributed by atoms with Crippen molar-refractivity contribution in [2.75, 3.05) is 44.7 Å². The van der Waals surface area contributed by atoms with Gasteiger partial charge in [-0.15, -0.1) is 0 Å². The summed E-state index contributed by atoms with van der Waals surface area (Å²) in [6.45, 7) is 7.12. The average Bonchev–Trinajstić information content (AvgIpc) is 3.53. The van der Waals surface area contributed by atoms with Gasteiger partial charge in [-0.3, -0.25) is 19.3 Å². The maximum atomic E-state index is 14.0. The molecule has 2 aliphatic heterocycles. The molecule has 1 N–H and O–H groups in total. The highest BCUT2D eigenvalue weighted by Crippen LogP contribution is 2.41. The fourth-order valence-corrected chi connectivity index (χ4v) is 5.88. The maximum absolute atomic E-state index is 14.0. The van der Waals surface area contributed by atoms with Crippen LogP contribution in [0.1, 0.15) is 55.7 Å². The van der Waals surface area contributed by atoms with Crippen LogP contribution in [0.15, 0.2) is 36.4 Å². The molecule has 0 unspecified atom stereocenters. The Morgan fingerprint density at radius 2 is 1.93 bits per heavy atom. The Morgan fingerprint density at radius 3 is 2.60 bits per heavy atom. The van der Waals surface area contributed by atoms with Crippen molar-refractivity contribution in [2.45, 2.75) is 58.4 Å². The Hall–Kier alpha value is -3.46. The molecule has 0 spiro atoms. The van der Waals surface area contributed by atoms with Gasteiger partial charge in [0.15, 0.2) is 0 Å². The van der Waals surface area contributed by atoms with E-state index in [-0.39, 0.29) is 30.1 Å². The summed E-state index contributed by atoms with van der Waals surface area (Å²) in [7, 11) is 1.70. The number of amides is 2. The van der Waals surface area contributed by atoms with Crippen LogP contribution in [0.3, 0.4) is 0 Å². The van der Waals surface area contributed by atoms with Crippen molar-refractivity contribution in [1.82, 2.24) is 9.80 Å². The third kappa shape index (κ3) is 6.46. The molecule has 9 heteroatoms. The molecule has 8 nitrogen and oxygen atoms in total. The molecule has 1 saturated heterocycles. The molecule has 2 aliphatic rings. The quantitative estimate of drug-likeness (QED) is 0.448. The Bertz CT molecular complexity index is 1250. The van der Waals surface area contributed by atoms with Crippen molar-refractivity contribution in [2.24, 2.45) is 5.92 Å². The van der Waals surface area contributed by atoms with Crippen LogP contribution in [0, 0.1) is 18.7 Å². The first-order valence-electron chi connectivity index (χ1n) is 14.1. The summed E-state index contributed by atoms with van der Waals surface area (Å²) in [6, 6.07) is 10.1. The zero-order valence-electron chi connectivity index (χ0n) is 23.9. The monoisotopic (exact) mass is 553 g/mol. The van der Waals surface area contributed by atoms with E-state index in [1.165, 1.54) is 13.0 Å². The number of aliphatic carboxylic acids is 1. The minimum atomic E-state index is -0.913. The second kappa shape index (κ2) is 12.8. The van der Waals surface area contributed by atoms with Gasteiger partial charge in [-0.1, -0.05) is 25.5 Å². The van der Waals surface area contributed by atoms with E-state index in [0.717, 1.165) is 36.1 Å². The number of aryl methyl sites for hydroxylation is 1. The molecule has 216 valence electrons. The number of halogens is 1. The third-order valence-corrected chi connectivity index (χ3v) is 8.30. The molecular formula is C31H40FN3O5. The van der Waals surface area contributed by atoms with Crippen LogP contribution >= 0.6 is 0 Å². The average molecular weight is 554 g/mol. The predicted octanol–water partition coefficient (Wildman–Crippen LogP) is 4.24. The number of carbonyl (C=O) groups excluding carboxylic acids is 2. The van der Waals surface area contributed by atoms with Crippen molar-refractivity contribution in [3.8, 4) is 5.75 Å². The first-order chi connectivity index (χ1) is 19.1. The van der Waals surface area contributed by atoms with Gasteiger partial charge in [0.25, 0.3) is 0 Å². The van der Waals surface area contributed by atoms with Gasteiger partial charge in [0, 0.05) is 57.7 Å². The maximum Gasteiger partial charge on any atom is 0.308 e. The zero-order chi connectivity index (χ0) is 29.0. The number of likely N-dealkylation sites (tertiary alicyclic amines) is 1. The fourth-order valence-electron chi connectivity index (χ4n) is 5.88. The molecule has 2 aromatic carbocycles. The van der Waals surface area contributed by atoms with E-state index in [1.54, 1.807) is 35.9 Å². The number of anilines is 1. The second-order valence-electron chi connectivity index (χ2n) is 11.0. The van der Waals surface area contributed by atoms with Crippen molar-refractivity contribution in [3.05, 3.63) is 58.9 Å². The van der Waals surface area contributed by atoms with E-state index in [0.29, 0.717) is 43.9 Å². The predicted molar refractivity (Wildman–Crippen MR) is 151 cm³/mol. The molecule has 4 rings (SSSR count). The number of carboxylic acids is 1. The molecule has 2 aromatic rings. The van der Waals surface area contributed by atoms with Gasteiger partial charge >= 0.3 is 5.97 Å². The minimum Gasteiger partial charge on any atom is -0.493 e. The van der Waals surface area contributed by atoms with Crippen LogP contribution in [-0.4, -0.2) is 78.6 Å². The molecule has 2 amide bonds. The van der Waals surface area contributed by atoms with Crippen LogP contribution in [-0.2, 0) is 20.8 Å². The lowest BCUT2D eigenvalue weighted by molar-refractivity contribution is -0.143. The van der Waals surface area contributed by atoms with Gasteiger partial charge in [-0.05, 0) is 60.7 Å². The van der Waals surface area contributed by atoms with Gasteiger partial charge in [0.1, 0.15) is 11.6 Å². The fraction of sp³-hybridized carbons (Fsp3) is 0.516. The molecule has 40 heavy (non-hydrogen) atoms. The highest BCUT2D eigenvalue weighted by molar-refractivity contribution is 5.95. The summed E-state index contributed by atoms with van der Waals surface area (Å²) < 4.78 is 19.7. The van der Waals surface area contributed by atoms with Gasteiger partial charge in [-0.2, -0.15) is 0 Å². The highest BCUT2D eigenvalue weighted by Gasteiger charge is 2.47. The lowest BCUT2D eigenvalue weighted by Crippen LogP contribution is -2.45. The number of nitrogens with zero attached hydrogens (tertiary/aromatic N) is 3. The van der Waals surface area contributed by atoms with Crippen LogP contribution in [0.25, 0.3) is 0 Å². The van der Waals surface area contributed by atoms with Crippen LogP contribution in [0.5, 0.6) is 5.75 Å². The largest absolute Gasteiger partial charge is 0.493 e. The smallest absolute Gasteiger partial charge is 0.308 e. The van der Waals surface area contributed by atoms with Gasteiger partial charge in [0.05, 0.1) is 19.1 Å². The summed E-state index contributed by atoms with van der Waals surface area (Å²) in [5.74, 6) is -1.72. The number of carbonyl (C=O) groups is 3. The van der Waals surface area contributed by atoms with E-state index >= 15 is 0 Å². The number of benzene rings is 2. The first kappa shape index (κ1) is 29.5. The normalized spacial score (nSPS) is 20.2. The summed E-state index contributed by atoms with van der Waals surface area (Å²) in [4.78, 5) is 43.7.